The van der Waals surface area contributed by atoms with Crippen LogP contribution in [-0.4, -0.2) is 48.4 Å². The molecule has 29 heavy (non-hydrogen) atoms. The second-order valence-electron chi connectivity index (χ2n) is 7.98. The summed E-state index contributed by atoms with van der Waals surface area (Å²) in [4.78, 5) is 22.8. The number of carbonyl (C=O) groups is 1. The first-order valence-electron chi connectivity index (χ1n) is 10.2. The van der Waals surface area contributed by atoms with Crippen LogP contribution in [0.1, 0.15) is 48.0 Å². The molecule has 1 aliphatic rings. The van der Waals surface area contributed by atoms with Gasteiger partial charge in [-0.05, 0) is 36.3 Å². The van der Waals surface area contributed by atoms with Crippen molar-refractivity contribution in [3.8, 4) is 0 Å². The first kappa shape index (κ1) is 21.3. The van der Waals surface area contributed by atoms with Gasteiger partial charge in [0.15, 0.2) is 5.96 Å². The second-order valence-corrected chi connectivity index (χ2v) is 8.92. The molecule has 2 N–H and O–H groups in total. The van der Waals surface area contributed by atoms with Crippen LogP contribution >= 0.6 is 11.3 Å². The smallest absolute Gasteiger partial charge is 0.243 e. The number of aliphatic imine (C=N–C) groups is 1. The van der Waals surface area contributed by atoms with Gasteiger partial charge < -0.3 is 15.5 Å². The van der Waals surface area contributed by atoms with Gasteiger partial charge in [-0.2, -0.15) is 0 Å². The topological polar surface area (TPSA) is 69.6 Å². The van der Waals surface area contributed by atoms with Crippen molar-refractivity contribution in [2.45, 2.75) is 51.6 Å². The molecule has 0 saturated heterocycles. The van der Waals surface area contributed by atoms with Crippen molar-refractivity contribution >= 4 is 23.2 Å². The van der Waals surface area contributed by atoms with Crippen LogP contribution in [0.4, 0.5) is 0 Å². The zero-order valence-electron chi connectivity index (χ0n) is 17.7. The summed E-state index contributed by atoms with van der Waals surface area (Å²) in [6.45, 7) is 5.02. The molecule has 0 radical (unpaired) electrons. The quantitative estimate of drug-likeness (QED) is 0.564. The van der Waals surface area contributed by atoms with Crippen molar-refractivity contribution in [2.24, 2.45) is 4.99 Å². The lowest BCUT2D eigenvalue weighted by molar-refractivity contribution is -0.127. The predicted molar refractivity (Wildman–Crippen MR) is 119 cm³/mol. The highest BCUT2D eigenvalue weighted by atomic mass is 32.1. The summed E-state index contributed by atoms with van der Waals surface area (Å²) >= 11 is 1.65. The number of nitrogens with zero attached hydrogens (tertiary/aromatic N) is 3. The van der Waals surface area contributed by atoms with Crippen LogP contribution in [0.2, 0.25) is 0 Å². The number of aromatic nitrogens is 1. The number of amides is 1. The first-order chi connectivity index (χ1) is 13.9. The number of rotatable bonds is 6. The molecule has 1 atom stereocenters. The van der Waals surface area contributed by atoms with E-state index >= 15 is 0 Å². The van der Waals surface area contributed by atoms with E-state index in [4.69, 9.17) is 0 Å². The molecule has 1 aliphatic carbocycles. The van der Waals surface area contributed by atoms with Gasteiger partial charge in [-0.15, -0.1) is 11.3 Å². The van der Waals surface area contributed by atoms with E-state index in [1.807, 2.05) is 0 Å². The van der Waals surface area contributed by atoms with E-state index in [1.54, 1.807) is 30.3 Å². The van der Waals surface area contributed by atoms with Crippen LogP contribution in [0.3, 0.4) is 0 Å². The van der Waals surface area contributed by atoms with Gasteiger partial charge in [-0.3, -0.25) is 4.79 Å². The first-order valence-corrected chi connectivity index (χ1v) is 11.1. The molecule has 0 spiro atoms. The molecule has 3 rings (SSSR count). The maximum atomic E-state index is 12.0. The summed E-state index contributed by atoms with van der Waals surface area (Å²) in [5.41, 5.74) is 3.94. The Hall–Kier alpha value is -2.41. The molecule has 0 bridgehead atoms. The van der Waals surface area contributed by atoms with E-state index in [0.29, 0.717) is 24.5 Å². The third-order valence-corrected chi connectivity index (χ3v) is 5.99. The number of nitrogens with one attached hydrogen (secondary N) is 2. The predicted octanol–water partition coefficient (Wildman–Crippen LogP) is 2.95. The highest BCUT2D eigenvalue weighted by Crippen LogP contribution is 2.21. The lowest BCUT2D eigenvalue weighted by Gasteiger charge is -2.27. The molecule has 1 aromatic heterocycles. The summed E-state index contributed by atoms with van der Waals surface area (Å²) in [6, 6.07) is 8.91. The van der Waals surface area contributed by atoms with E-state index in [9.17, 15) is 4.79 Å². The molecule has 1 heterocycles. The molecule has 0 fully saturated rings. The average molecular weight is 414 g/mol. The largest absolute Gasteiger partial charge is 0.353 e. The highest BCUT2D eigenvalue weighted by molar-refractivity contribution is 7.09. The number of thiazole rings is 1. The van der Waals surface area contributed by atoms with Crippen LogP contribution in [0.15, 0.2) is 34.6 Å². The van der Waals surface area contributed by atoms with E-state index in [-0.39, 0.29) is 12.5 Å². The van der Waals surface area contributed by atoms with Gasteiger partial charge in [0.1, 0.15) is 11.6 Å². The van der Waals surface area contributed by atoms with Gasteiger partial charge in [0.05, 0.1) is 12.2 Å². The van der Waals surface area contributed by atoms with Gasteiger partial charge in [-0.1, -0.05) is 38.1 Å². The van der Waals surface area contributed by atoms with Gasteiger partial charge >= 0.3 is 0 Å². The van der Waals surface area contributed by atoms with Gasteiger partial charge in [0.2, 0.25) is 5.91 Å². The van der Waals surface area contributed by atoms with E-state index in [1.165, 1.54) is 11.1 Å². The van der Waals surface area contributed by atoms with Crippen molar-refractivity contribution in [2.75, 3.05) is 20.6 Å². The maximum absolute atomic E-state index is 12.0. The maximum Gasteiger partial charge on any atom is 0.243 e. The standard InChI is InChI=1S/C22H31N5OS/c1-15(2)19-14-29-20(26-19)12-23-22(24-13-21(28)27(3)4)25-18-10-9-16-7-5-6-8-17(16)11-18/h5-8,14-15,18H,9-13H2,1-4H3,(H2,23,24,25). The molecule has 1 aromatic carbocycles. The highest BCUT2D eigenvalue weighted by Gasteiger charge is 2.19. The molecule has 156 valence electrons. The third-order valence-electron chi connectivity index (χ3n) is 5.13. The lowest BCUT2D eigenvalue weighted by Crippen LogP contribution is -2.46. The number of aryl methyl sites for hydroxylation is 1. The van der Waals surface area contributed by atoms with Gasteiger partial charge in [0, 0.05) is 25.5 Å². The van der Waals surface area contributed by atoms with E-state index < -0.39 is 0 Å². The number of benzene rings is 1. The molecule has 6 nitrogen and oxygen atoms in total. The Morgan fingerprint density at radius 2 is 2.07 bits per heavy atom. The third kappa shape index (κ3) is 6.03. The Kier molecular flexibility index (Phi) is 7.25. The average Bonchev–Trinajstić information content (AvgIpc) is 3.19. The van der Waals surface area contributed by atoms with E-state index in [0.717, 1.165) is 30.0 Å². The summed E-state index contributed by atoms with van der Waals surface area (Å²) in [7, 11) is 3.50. The molecular formula is C22H31N5OS. The number of carbonyl (C=O) groups excluding carboxylic acids is 1. The van der Waals surface area contributed by atoms with Crippen LogP contribution in [0.5, 0.6) is 0 Å². The minimum atomic E-state index is -0.0172. The summed E-state index contributed by atoms with van der Waals surface area (Å²) in [6.07, 6.45) is 3.07. The Labute approximate surface area is 177 Å². The normalized spacial score (nSPS) is 16.4. The van der Waals surface area contributed by atoms with Gasteiger partial charge in [0.25, 0.3) is 0 Å². The van der Waals surface area contributed by atoms with Crippen LogP contribution in [-0.2, 0) is 24.2 Å². The zero-order valence-corrected chi connectivity index (χ0v) is 18.6. The fourth-order valence-electron chi connectivity index (χ4n) is 3.29. The van der Waals surface area contributed by atoms with Crippen molar-refractivity contribution in [3.63, 3.8) is 0 Å². The zero-order chi connectivity index (χ0) is 20.8. The summed E-state index contributed by atoms with van der Waals surface area (Å²) in [5.74, 6) is 1.08. The second kappa shape index (κ2) is 9.87. The number of hydrogen-bond acceptors (Lipinski definition) is 4. The monoisotopic (exact) mass is 413 g/mol. The fourth-order valence-corrected chi connectivity index (χ4v) is 4.18. The van der Waals surface area contributed by atoms with Gasteiger partial charge in [-0.25, -0.2) is 9.98 Å². The Morgan fingerprint density at radius 1 is 1.31 bits per heavy atom. The molecule has 0 aliphatic heterocycles. The van der Waals surface area contributed by atoms with E-state index in [2.05, 4.69) is 64.1 Å². The molecule has 7 heteroatoms. The number of guanidine groups is 1. The minimum absolute atomic E-state index is 0.0172. The number of likely N-dealkylation sites (N-methyl/N-ethyl adjacent to an activating group) is 1. The minimum Gasteiger partial charge on any atom is -0.353 e. The molecule has 1 unspecified atom stereocenters. The van der Waals surface area contributed by atoms with Crippen molar-refractivity contribution in [1.82, 2.24) is 20.5 Å². The van der Waals surface area contributed by atoms with Crippen LogP contribution < -0.4 is 10.6 Å². The summed E-state index contributed by atoms with van der Waals surface area (Å²) < 4.78 is 0. The van der Waals surface area contributed by atoms with Crippen molar-refractivity contribution < 1.29 is 4.79 Å². The molecule has 0 saturated carbocycles. The summed E-state index contributed by atoms with van der Waals surface area (Å²) in [5, 5.41) is 10.0. The Bertz CT molecular complexity index is 858. The van der Waals surface area contributed by atoms with Crippen LogP contribution in [0.25, 0.3) is 0 Å². The fraction of sp³-hybridized carbons (Fsp3) is 0.500. The number of fused-ring (bicyclic) bond motifs is 1. The molecular weight excluding hydrogens is 382 g/mol. The van der Waals surface area contributed by atoms with Crippen molar-refractivity contribution in [1.29, 1.82) is 0 Å². The Balaban J connectivity index is 1.65. The molecule has 1 amide bonds. The van der Waals surface area contributed by atoms with Crippen LogP contribution in [0, 0.1) is 0 Å². The number of hydrogen-bond donors (Lipinski definition) is 2. The Morgan fingerprint density at radius 3 is 2.76 bits per heavy atom. The van der Waals surface area contributed by atoms with Crippen molar-refractivity contribution in [3.05, 3.63) is 51.5 Å². The SMILES string of the molecule is CC(C)c1csc(CNC(=NCC(=O)N(C)C)NC2CCc3ccccc3C2)n1. The molecule has 2 aromatic rings. The lowest BCUT2D eigenvalue weighted by atomic mass is 9.88.